The summed E-state index contributed by atoms with van der Waals surface area (Å²) in [5.74, 6) is 0.276. The van der Waals surface area contributed by atoms with Gasteiger partial charge in [-0.15, -0.1) is 0 Å². The van der Waals surface area contributed by atoms with Gasteiger partial charge in [0.15, 0.2) is 15.8 Å². The predicted molar refractivity (Wildman–Crippen MR) is 98.5 cm³/mol. The van der Waals surface area contributed by atoms with Gasteiger partial charge in [-0.05, 0) is 25.5 Å². The number of rotatable bonds is 7. The van der Waals surface area contributed by atoms with Gasteiger partial charge in [0.05, 0.1) is 23.7 Å². The van der Waals surface area contributed by atoms with Crippen LogP contribution in [0.25, 0.3) is 0 Å². The van der Waals surface area contributed by atoms with Gasteiger partial charge in [-0.3, -0.25) is 9.89 Å². The van der Waals surface area contributed by atoms with Crippen molar-refractivity contribution in [2.75, 3.05) is 38.5 Å². The van der Waals surface area contributed by atoms with Crippen LogP contribution < -0.4 is 10.6 Å². The topological polar surface area (TPSA) is 73.8 Å². The van der Waals surface area contributed by atoms with Crippen LogP contribution in [0, 0.1) is 0 Å². The van der Waals surface area contributed by atoms with Crippen LogP contribution in [-0.2, 0) is 9.84 Å². The highest BCUT2D eigenvalue weighted by Crippen LogP contribution is 2.19. The average molecular weight is 406 g/mol. The molecule has 0 aromatic heterocycles. The normalized spacial score (nSPS) is 19.3. The highest BCUT2D eigenvalue weighted by molar-refractivity contribution is 7.91. The van der Waals surface area contributed by atoms with E-state index in [0.717, 1.165) is 0 Å². The maximum atomic E-state index is 12.5. The smallest absolute Gasteiger partial charge is 0.357 e. The Bertz CT molecular complexity index is 723. The Labute approximate surface area is 157 Å². The highest BCUT2D eigenvalue weighted by Gasteiger charge is 2.34. The lowest BCUT2D eigenvalue weighted by Crippen LogP contribution is -2.45. The zero-order valence-electron chi connectivity index (χ0n) is 15.2. The zero-order valence-corrected chi connectivity index (χ0v) is 16.0. The number of nitrogens with zero attached hydrogens (tertiary/aromatic N) is 2. The molecule has 1 aliphatic rings. The number of benzene rings is 1. The molecule has 10 heteroatoms. The number of hydrogen-bond acceptors (Lipinski definition) is 4. The molecule has 0 amide bonds. The summed E-state index contributed by atoms with van der Waals surface area (Å²) in [7, 11) is -3.42. The van der Waals surface area contributed by atoms with Crippen LogP contribution in [-0.4, -0.2) is 70.0 Å². The van der Waals surface area contributed by atoms with Crippen LogP contribution in [0.4, 0.5) is 13.2 Å². The van der Waals surface area contributed by atoms with E-state index in [2.05, 4.69) is 15.6 Å². The summed E-state index contributed by atoms with van der Waals surface area (Å²) >= 11 is 0. The van der Waals surface area contributed by atoms with Crippen LogP contribution >= 0.6 is 0 Å². The van der Waals surface area contributed by atoms with Crippen molar-refractivity contribution >= 4 is 15.8 Å². The van der Waals surface area contributed by atoms with Gasteiger partial charge < -0.3 is 10.6 Å². The molecule has 0 spiro atoms. The molecule has 0 saturated carbocycles. The Hall–Kier alpha value is -1.81. The van der Waals surface area contributed by atoms with Crippen LogP contribution in [0.1, 0.15) is 13.3 Å². The van der Waals surface area contributed by atoms with E-state index in [1.807, 2.05) is 6.92 Å². The summed E-state index contributed by atoms with van der Waals surface area (Å²) < 4.78 is 62.0. The molecule has 2 N–H and O–H groups in total. The largest absolute Gasteiger partial charge is 0.401 e. The number of sulfone groups is 1. The van der Waals surface area contributed by atoms with E-state index in [1.165, 1.54) is 17.0 Å². The second-order valence-corrected chi connectivity index (χ2v) is 8.48. The van der Waals surface area contributed by atoms with E-state index < -0.39 is 22.6 Å². The quantitative estimate of drug-likeness (QED) is 0.532. The number of aliphatic imine (C=N–C) groups is 1. The van der Waals surface area contributed by atoms with Gasteiger partial charge in [-0.1, -0.05) is 18.2 Å². The summed E-state index contributed by atoms with van der Waals surface area (Å²) in [6.45, 7) is 2.20. The molecule has 6 nitrogen and oxygen atoms in total. The van der Waals surface area contributed by atoms with Gasteiger partial charge in [-0.2, -0.15) is 13.2 Å². The third kappa shape index (κ3) is 7.37. The van der Waals surface area contributed by atoms with Crippen molar-refractivity contribution in [1.29, 1.82) is 0 Å². The molecule has 0 bridgehead atoms. The lowest BCUT2D eigenvalue weighted by atomic mass is 10.3. The molecule has 1 unspecified atom stereocenters. The first kappa shape index (κ1) is 21.5. The molecule has 152 valence electrons. The van der Waals surface area contributed by atoms with Crippen molar-refractivity contribution in [1.82, 2.24) is 15.5 Å². The monoisotopic (exact) mass is 406 g/mol. The van der Waals surface area contributed by atoms with Gasteiger partial charge in [0.2, 0.25) is 0 Å². The molecule has 1 atom stereocenters. The van der Waals surface area contributed by atoms with Crippen molar-refractivity contribution in [3.8, 4) is 0 Å². The fourth-order valence-corrected chi connectivity index (χ4v) is 4.02. The maximum Gasteiger partial charge on any atom is 0.401 e. The molecule has 1 heterocycles. The predicted octanol–water partition coefficient (Wildman–Crippen LogP) is 1.65. The molecule has 1 saturated heterocycles. The molecule has 27 heavy (non-hydrogen) atoms. The standard InChI is InChI=1S/C17H25F3N4O2S/c1-2-21-16(23-14-8-10-24(12-14)13-17(18,19)20)22-9-11-27(25,26)15-6-4-3-5-7-15/h3-7,14H,2,8-13H2,1H3,(H2,21,22,23). The minimum Gasteiger partial charge on any atom is -0.357 e. The summed E-state index contributed by atoms with van der Waals surface area (Å²) in [6, 6.07) is 7.99. The Balaban J connectivity index is 1.89. The van der Waals surface area contributed by atoms with Crippen molar-refractivity contribution in [3.05, 3.63) is 30.3 Å². The maximum absolute atomic E-state index is 12.5. The second-order valence-electron chi connectivity index (χ2n) is 6.37. The fraction of sp³-hybridized carbons (Fsp3) is 0.588. The Morgan fingerprint density at radius 2 is 2.00 bits per heavy atom. The van der Waals surface area contributed by atoms with E-state index in [4.69, 9.17) is 0 Å². The summed E-state index contributed by atoms with van der Waals surface area (Å²) in [4.78, 5) is 5.86. The SMILES string of the molecule is CCNC(=NCCS(=O)(=O)c1ccccc1)NC1CCN(CC(F)(F)F)C1. The van der Waals surface area contributed by atoms with Gasteiger partial charge in [-0.25, -0.2) is 8.42 Å². The van der Waals surface area contributed by atoms with Crippen LogP contribution in [0.5, 0.6) is 0 Å². The van der Waals surface area contributed by atoms with E-state index in [0.29, 0.717) is 25.5 Å². The first-order valence-electron chi connectivity index (χ1n) is 8.81. The van der Waals surface area contributed by atoms with Crippen molar-refractivity contribution in [2.45, 2.75) is 30.5 Å². The van der Waals surface area contributed by atoms with E-state index in [1.54, 1.807) is 18.2 Å². The number of hydrogen-bond donors (Lipinski definition) is 2. The van der Waals surface area contributed by atoms with Crippen LogP contribution in [0.2, 0.25) is 0 Å². The van der Waals surface area contributed by atoms with Gasteiger partial charge in [0.25, 0.3) is 0 Å². The summed E-state index contributed by atoms with van der Waals surface area (Å²) in [5, 5.41) is 6.10. The second kappa shape index (κ2) is 9.41. The molecule has 0 aliphatic carbocycles. The first-order chi connectivity index (χ1) is 12.7. The van der Waals surface area contributed by atoms with Gasteiger partial charge >= 0.3 is 6.18 Å². The summed E-state index contributed by atoms with van der Waals surface area (Å²) in [5.41, 5.74) is 0. The third-order valence-electron chi connectivity index (χ3n) is 4.09. The van der Waals surface area contributed by atoms with Gasteiger partial charge in [0.1, 0.15) is 0 Å². The van der Waals surface area contributed by atoms with Crippen LogP contribution in [0.3, 0.4) is 0 Å². The van der Waals surface area contributed by atoms with Crippen molar-refractivity contribution in [3.63, 3.8) is 0 Å². The average Bonchev–Trinajstić information content (AvgIpc) is 3.00. The Morgan fingerprint density at radius 1 is 1.30 bits per heavy atom. The fourth-order valence-electron chi connectivity index (χ4n) is 2.88. The molecule has 0 radical (unpaired) electrons. The Morgan fingerprint density at radius 3 is 2.63 bits per heavy atom. The molecule has 1 fully saturated rings. The number of likely N-dealkylation sites (tertiary alicyclic amines) is 1. The molecular weight excluding hydrogens is 381 g/mol. The van der Waals surface area contributed by atoms with Crippen molar-refractivity contribution in [2.24, 2.45) is 4.99 Å². The molecule has 1 aromatic carbocycles. The third-order valence-corrected chi connectivity index (χ3v) is 5.80. The minimum atomic E-state index is -4.21. The van der Waals surface area contributed by atoms with E-state index in [9.17, 15) is 21.6 Å². The number of guanidine groups is 1. The summed E-state index contributed by atoms with van der Waals surface area (Å²) in [6.07, 6.45) is -3.64. The van der Waals surface area contributed by atoms with Crippen LogP contribution in [0.15, 0.2) is 40.2 Å². The lowest BCUT2D eigenvalue weighted by molar-refractivity contribution is -0.143. The minimum absolute atomic E-state index is 0.0611. The number of alkyl halides is 3. The van der Waals surface area contributed by atoms with E-state index in [-0.39, 0.29) is 29.8 Å². The molecular formula is C17H25F3N4O2S. The van der Waals surface area contributed by atoms with Gasteiger partial charge in [0, 0.05) is 25.7 Å². The number of nitrogens with one attached hydrogen (secondary N) is 2. The zero-order chi connectivity index (χ0) is 19.9. The molecule has 2 rings (SSSR count). The molecule has 1 aliphatic heterocycles. The molecule has 1 aromatic rings. The first-order valence-corrected chi connectivity index (χ1v) is 10.5. The lowest BCUT2D eigenvalue weighted by Gasteiger charge is -2.19. The Kier molecular flexibility index (Phi) is 7.49. The van der Waals surface area contributed by atoms with Crippen molar-refractivity contribution < 1.29 is 21.6 Å². The number of halogens is 3. The van der Waals surface area contributed by atoms with E-state index >= 15 is 0 Å². The highest BCUT2D eigenvalue weighted by atomic mass is 32.2.